The summed E-state index contributed by atoms with van der Waals surface area (Å²) in [4.78, 5) is 0.509. The third kappa shape index (κ3) is 1.93. The van der Waals surface area contributed by atoms with E-state index >= 15 is 0 Å². The number of hydrogen-bond acceptors (Lipinski definition) is 2. The van der Waals surface area contributed by atoms with Crippen molar-refractivity contribution in [3.05, 3.63) is 29.8 Å². The molecule has 2 aliphatic carbocycles. The predicted molar refractivity (Wildman–Crippen MR) is 81.5 cm³/mol. The maximum absolute atomic E-state index is 13.2. The van der Waals surface area contributed by atoms with Gasteiger partial charge in [-0.2, -0.15) is 0 Å². The average Bonchev–Trinajstić information content (AvgIpc) is 2.53. The van der Waals surface area contributed by atoms with Crippen molar-refractivity contribution in [2.45, 2.75) is 63.0 Å². The molecule has 0 radical (unpaired) electrons. The van der Waals surface area contributed by atoms with E-state index in [4.69, 9.17) is 0 Å². The highest BCUT2D eigenvalue weighted by Gasteiger charge is 2.60. The molecule has 2 nitrogen and oxygen atoms in total. The molecule has 20 heavy (non-hydrogen) atoms. The Balaban J connectivity index is 2.09. The highest BCUT2D eigenvalue weighted by Crippen LogP contribution is 2.61. The minimum absolute atomic E-state index is 0.0310. The summed E-state index contributed by atoms with van der Waals surface area (Å²) in [5, 5.41) is -0.209. The maximum atomic E-state index is 13.2. The topological polar surface area (TPSA) is 34.1 Å². The van der Waals surface area contributed by atoms with Crippen molar-refractivity contribution in [3.63, 3.8) is 0 Å². The lowest BCUT2D eigenvalue weighted by Gasteiger charge is -2.43. The summed E-state index contributed by atoms with van der Waals surface area (Å²) < 4.78 is 26.3. The molecule has 3 heteroatoms. The van der Waals surface area contributed by atoms with E-state index < -0.39 is 9.84 Å². The van der Waals surface area contributed by atoms with E-state index in [0.29, 0.717) is 4.90 Å². The van der Waals surface area contributed by atoms with Crippen LogP contribution in [0.15, 0.2) is 29.2 Å². The van der Waals surface area contributed by atoms with Gasteiger partial charge >= 0.3 is 0 Å². The van der Waals surface area contributed by atoms with E-state index in [2.05, 4.69) is 13.8 Å². The highest BCUT2D eigenvalue weighted by atomic mass is 32.2. The molecule has 0 spiro atoms. The van der Waals surface area contributed by atoms with E-state index in [9.17, 15) is 8.42 Å². The third-order valence-corrected chi connectivity index (χ3v) is 8.38. The Kier molecular flexibility index (Phi) is 3.06. The van der Waals surface area contributed by atoms with Gasteiger partial charge in [-0.05, 0) is 55.6 Å². The molecular formula is C17H24O2S. The average molecular weight is 292 g/mol. The van der Waals surface area contributed by atoms with E-state index in [0.717, 1.165) is 31.2 Å². The van der Waals surface area contributed by atoms with Gasteiger partial charge in [0.05, 0.1) is 10.1 Å². The van der Waals surface area contributed by atoms with E-state index in [1.54, 1.807) is 12.1 Å². The zero-order valence-corrected chi connectivity index (χ0v) is 13.5. The van der Waals surface area contributed by atoms with Crippen LogP contribution < -0.4 is 0 Å². The minimum atomic E-state index is -3.23. The lowest BCUT2D eigenvalue weighted by molar-refractivity contribution is 0.176. The summed E-state index contributed by atoms with van der Waals surface area (Å²) in [6.07, 6.45) is 5.39. The molecule has 0 amide bonds. The lowest BCUT2D eigenvalue weighted by Crippen LogP contribution is -2.46. The van der Waals surface area contributed by atoms with Gasteiger partial charge in [0.15, 0.2) is 9.84 Å². The van der Waals surface area contributed by atoms with E-state index in [1.807, 2.05) is 19.1 Å². The first-order valence-corrected chi connectivity index (χ1v) is 9.13. The van der Waals surface area contributed by atoms with Crippen LogP contribution in [0.2, 0.25) is 0 Å². The smallest absolute Gasteiger partial charge is 0.182 e. The number of rotatable bonds is 2. The molecule has 2 fully saturated rings. The number of aryl methyl sites for hydroxylation is 1. The monoisotopic (exact) mass is 292 g/mol. The largest absolute Gasteiger partial charge is 0.223 e. The molecule has 0 aliphatic heterocycles. The molecular weight excluding hydrogens is 268 g/mol. The van der Waals surface area contributed by atoms with Crippen LogP contribution in [0.4, 0.5) is 0 Å². The Labute approximate surface area is 122 Å². The molecule has 3 rings (SSSR count). The minimum Gasteiger partial charge on any atom is -0.223 e. The second-order valence-electron chi connectivity index (χ2n) is 7.40. The van der Waals surface area contributed by atoms with Crippen molar-refractivity contribution in [2.24, 2.45) is 10.8 Å². The number of sulfone groups is 1. The molecule has 2 atom stereocenters. The predicted octanol–water partition coefficient (Wildman–Crippen LogP) is 4.13. The fourth-order valence-electron chi connectivity index (χ4n) is 4.70. The van der Waals surface area contributed by atoms with Crippen LogP contribution in [-0.4, -0.2) is 13.7 Å². The van der Waals surface area contributed by atoms with Gasteiger partial charge in [-0.15, -0.1) is 0 Å². The highest BCUT2D eigenvalue weighted by molar-refractivity contribution is 7.92. The van der Waals surface area contributed by atoms with Crippen LogP contribution in [0.25, 0.3) is 0 Å². The molecule has 0 N–H and O–H groups in total. The molecule has 2 saturated carbocycles. The van der Waals surface area contributed by atoms with Gasteiger partial charge in [-0.25, -0.2) is 8.42 Å². The molecule has 0 heterocycles. The summed E-state index contributed by atoms with van der Waals surface area (Å²) in [7, 11) is -3.23. The van der Waals surface area contributed by atoms with Crippen molar-refractivity contribution >= 4 is 9.84 Å². The van der Waals surface area contributed by atoms with Crippen LogP contribution in [0.1, 0.15) is 51.5 Å². The Hall–Kier alpha value is -0.830. The van der Waals surface area contributed by atoms with Gasteiger partial charge in [0.2, 0.25) is 0 Å². The molecule has 0 aromatic heterocycles. The fraction of sp³-hybridized carbons (Fsp3) is 0.647. The first-order chi connectivity index (χ1) is 9.28. The van der Waals surface area contributed by atoms with Crippen LogP contribution in [0, 0.1) is 17.8 Å². The van der Waals surface area contributed by atoms with Crippen LogP contribution in [0.5, 0.6) is 0 Å². The Morgan fingerprint density at radius 2 is 1.45 bits per heavy atom. The van der Waals surface area contributed by atoms with E-state index in [1.165, 1.54) is 6.42 Å². The second-order valence-corrected chi connectivity index (χ2v) is 9.43. The Morgan fingerprint density at radius 1 is 0.950 bits per heavy atom. The SMILES string of the molecule is Cc1ccc(S(=O)(=O)C2C3(C)CCCC2(C)CC3)cc1. The van der Waals surface area contributed by atoms with Gasteiger partial charge in [-0.3, -0.25) is 0 Å². The van der Waals surface area contributed by atoms with Gasteiger partial charge < -0.3 is 0 Å². The van der Waals surface area contributed by atoms with E-state index in [-0.39, 0.29) is 16.1 Å². The van der Waals surface area contributed by atoms with Crippen LogP contribution >= 0.6 is 0 Å². The van der Waals surface area contributed by atoms with Crippen molar-refractivity contribution in [1.82, 2.24) is 0 Å². The summed E-state index contributed by atoms with van der Waals surface area (Å²) >= 11 is 0. The lowest BCUT2D eigenvalue weighted by atomic mass is 9.70. The van der Waals surface area contributed by atoms with Crippen molar-refractivity contribution in [1.29, 1.82) is 0 Å². The molecule has 1 aromatic rings. The fourth-order valence-corrected chi connectivity index (χ4v) is 7.45. The molecule has 0 saturated heterocycles. The summed E-state index contributed by atoms with van der Waals surface area (Å²) in [5.41, 5.74) is 1.04. The zero-order valence-electron chi connectivity index (χ0n) is 12.6. The first-order valence-electron chi connectivity index (χ1n) is 7.59. The van der Waals surface area contributed by atoms with Crippen LogP contribution in [0.3, 0.4) is 0 Å². The molecule has 2 bridgehead atoms. The Bertz CT molecular complexity index is 599. The van der Waals surface area contributed by atoms with Gasteiger partial charge in [0, 0.05) is 0 Å². The van der Waals surface area contributed by atoms with Crippen molar-refractivity contribution < 1.29 is 8.42 Å². The number of fused-ring (bicyclic) bond motifs is 2. The normalized spacial score (nSPS) is 37.0. The standard InChI is InChI=1S/C17H24O2S/c1-13-5-7-14(8-6-13)20(18,19)15-16(2)9-4-10-17(15,3)12-11-16/h5-8,15H,4,9-12H2,1-3H3. The summed E-state index contributed by atoms with van der Waals surface area (Å²) in [6.45, 7) is 6.37. The Morgan fingerprint density at radius 3 is 1.95 bits per heavy atom. The molecule has 2 aliphatic rings. The molecule has 1 aromatic carbocycles. The summed E-state index contributed by atoms with van der Waals surface area (Å²) in [5.74, 6) is 0. The van der Waals surface area contributed by atoms with Crippen LogP contribution in [-0.2, 0) is 9.84 Å². The van der Waals surface area contributed by atoms with Gasteiger partial charge in [0.25, 0.3) is 0 Å². The third-order valence-electron chi connectivity index (χ3n) is 5.69. The quantitative estimate of drug-likeness (QED) is 0.821. The van der Waals surface area contributed by atoms with Crippen molar-refractivity contribution in [2.75, 3.05) is 0 Å². The van der Waals surface area contributed by atoms with Gasteiger partial charge in [0.1, 0.15) is 0 Å². The number of hydrogen-bond donors (Lipinski definition) is 0. The molecule has 2 unspecified atom stereocenters. The van der Waals surface area contributed by atoms with Crippen molar-refractivity contribution in [3.8, 4) is 0 Å². The maximum Gasteiger partial charge on any atom is 0.182 e. The second kappa shape index (κ2) is 4.33. The van der Waals surface area contributed by atoms with Gasteiger partial charge in [-0.1, -0.05) is 38.0 Å². The zero-order chi connectivity index (χ0) is 14.6. The first kappa shape index (κ1) is 14.1. The molecule has 110 valence electrons. The number of benzene rings is 1. The summed E-state index contributed by atoms with van der Waals surface area (Å²) in [6, 6.07) is 7.38.